The zero-order chi connectivity index (χ0) is 13.4. The molecule has 100 valence electrons. The van der Waals surface area contributed by atoms with E-state index >= 15 is 0 Å². The number of benzene rings is 1. The Morgan fingerprint density at radius 2 is 2.05 bits per heavy atom. The molecule has 0 bridgehead atoms. The summed E-state index contributed by atoms with van der Waals surface area (Å²) in [6.07, 6.45) is 2.35. The number of hydrogen-bond acceptors (Lipinski definition) is 2. The van der Waals surface area contributed by atoms with Gasteiger partial charge in [-0.2, -0.15) is 0 Å². The van der Waals surface area contributed by atoms with Gasteiger partial charge in [0.05, 0.1) is 4.34 Å². The SMILES string of the molecule is Cc1ccc([C@@H](C)NC2CCc3sc(Cl)cc32)cc1. The molecule has 1 unspecified atom stereocenters. The third-order valence-corrected chi connectivity index (χ3v) is 5.22. The predicted octanol–water partition coefficient (Wildman–Crippen LogP) is 5.05. The summed E-state index contributed by atoms with van der Waals surface area (Å²) in [6.45, 7) is 4.36. The average molecular weight is 292 g/mol. The van der Waals surface area contributed by atoms with Crippen molar-refractivity contribution in [3.8, 4) is 0 Å². The summed E-state index contributed by atoms with van der Waals surface area (Å²) in [5, 5.41) is 3.73. The summed E-state index contributed by atoms with van der Waals surface area (Å²) >= 11 is 7.84. The van der Waals surface area contributed by atoms with Crippen molar-refractivity contribution in [3.63, 3.8) is 0 Å². The highest BCUT2D eigenvalue weighted by Crippen LogP contribution is 2.40. The van der Waals surface area contributed by atoms with E-state index in [0.717, 1.165) is 10.8 Å². The summed E-state index contributed by atoms with van der Waals surface area (Å²) in [5.74, 6) is 0. The Morgan fingerprint density at radius 3 is 2.79 bits per heavy atom. The quantitative estimate of drug-likeness (QED) is 0.834. The molecule has 2 atom stereocenters. The molecule has 3 heteroatoms. The fourth-order valence-electron chi connectivity index (χ4n) is 2.76. The molecule has 0 fully saturated rings. The minimum absolute atomic E-state index is 0.371. The van der Waals surface area contributed by atoms with Gasteiger partial charge < -0.3 is 5.32 Å². The summed E-state index contributed by atoms with van der Waals surface area (Å²) in [5.41, 5.74) is 4.07. The molecule has 0 radical (unpaired) electrons. The molecule has 1 aliphatic carbocycles. The maximum Gasteiger partial charge on any atom is 0.0934 e. The van der Waals surface area contributed by atoms with Gasteiger partial charge >= 0.3 is 0 Å². The number of hydrogen-bond donors (Lipinski definition) is 1. The molecule has 0 saturated carbocycles. The zero-order valence-electron chi connectivity index (χ0n) is 11.2. The number of fused-ring (bicyclic) bond motifs is 1. The second kappa shape index (κ2) is 5.28. The van der Waals surface area contributed by atoms with Crippen LogP contribution in [0.25, 0.3) is 0 Å². The Balaban J connectivity index is 1.73. The maximum absolute atomic E-state index is 6.11. The van der Waals surface area contributed by atoms with Crippen molar-refractivity contribution in [1.29, 1.82) is 0 Å². The molecule has 0 saturated heterocycles. The van der Waals surface area contributed by atoms with Gasteiger partial charge in [-0.1, -0.05) is 41.4 Å². The molecule has 0 spiro atoms. The van der Waals surface area contributed by atoms with Gasteiger partial charge in [0.15, 0.2) is 0 Å². The number of nitrogens with one attached hydrogen (secondary N) is 1. The highest BCUT2D eigenvalue weighted by molar-refractivity contribution is 7.16. The second-order valence-electron chi connectivity index (χ2n) is 5.32. The van der Waals surface area contributed by atoms with E-state index in [0.29, 0.717) is 12.1 Å². The van der Waals surface area contributed by atoms with Gasteiger partial charge in [0.2, 0.25) is 0 Å². The number of aryl methyl sites for hydroxylation is 2. The molecule has 1 aromatic carbocycles. The molecule has 19 heavy (non-hydrogen) atoms. The third-order valence-electron chi connectivity index (χ3n) is 3.88. The van der Waals surface area contributed by atoms with Crippen LogP contribution in [0.15, 0.2) is 30.3 Å². The normalized spacial score (nSPS) is 19.4. The van der Waals surface area contributed by atoms with Crippen LogP contribution in [0, 0.1) is 6.92 Å². The van der Waals surface area contributed by atoms with E-state index < -0.39 is 0 Å². The molecule has 1 aliphatic rings. The largest absolute Gasteiger partial charge is 0.303 e. The van der Waals surface area contributed by atoms with E-state index in [1.165, 1.54) is 28.0 Å². The van der Waals surface area contributed by atoms with Crippen molar-refractivity contribution in [1.82, 2.24) is 5.32 Å². The monoisotopic (exact) mass is 291 g/mol. The maximum atomic E-state index is 6.11. The van der Waals surface area contributed by atoms with Gasteiger partial charge in [-0.05, 0) is 43.9 Å². The number of rotatable bonds is 3. The zero-order valence-corrected chi connectivity index (χ0v) is 12.8. The lowest BCUT2D eigenvalue weighted by molar-refractivity contribution is 0.465. The Bertz CT molecular complexity index is 573. The molecule has 1 aromatic heterocycles. The minimum atomic E-state index is 0.371. The topological polar surface area (TPSA) is 12.0 Å². The lowest BCUT2D eigenvalue weighted by Crippen LogP contribution is -2.22. The number of thiophene rings is 1. The first-order chi connectivity index (χ1) is 9.13. The van der Waals surface area contributed by atoms with Crippen LogP contribution in [-0.4, -0.2) is 0 Å². The summed E-state index contributed by atoms with van der Waals surface area (Å²) in [6, 6.07) is 11.7. The van der Waals surface area contributed by atoms with Crippen molar-refractivity contribution in [3.05, 3.63) is 56.2 Å². The van der Waals surface area contributed by atoms with Crippen molar-refractivity contribution in [2.45, 2.75) is 38.8 Å². The van der Waals surface area contributed by atoms with Gasteiger partial charge in [0.1, 0.15) is 0 Å². The summed E-state index contributed by atoms with van der Waals surface area (Å²) < 4.78 is 0.916. The van der Waals surface area contributed by atoms with Crippen LogP contribution in [-0.2, 0) is 6.42 Å². The number of halogens is 1. The van der Waals surface area contributed by atoms with Gasteiger partial charge in [-0.3, -0.25) is 0 Å². The van der Waals surface area contributed by atoms with E-state index in [-0.39, 0.29) is 0 Å². The summed E-state index contributed by atoms with van der Waals surface area (Å²) in [4.78, 5) is 1.46. The first-order valence-corrected chi connectivity index (χ1v) is 7.93. The molecule has 1 nitrogen and oxygen atoms in total. The van der Waals surface area contributed by atoms with E-state index in [1.54, 1.807) is 11.3 Å². The lowest BCUT2D eigenvalue weighted by atomic mass is 10.0. The Labute approximate surface area is 123 Å². The van der Waals surface area contributed by atoms with E-state index in [1.807, 2.05) is 0 Å². The van der Waals surface area contributed by atoms with Crippen LogP contribution in [0.2, 0.25) is 4.34 Å². The molecule has 2 aromatic rings. The molecular formula is C16H18ClNS. The van der Waals surface area contributed by atoms with Crippen LogP contribution in [0.4, 0.5) is 0 Å². The Kier molecular flexibility index (Phi) is 3.66. The summed E-state index contributed by atoms with van der Waals surface area (Å²) in [7, 11) is 0. The van der Waals surface area contributed by atoms with Gasteiger partial charge in [0.25, 0.3) is 0 Å². The van der Waals surface area contributed by atoms with Gasteiger partial charge in [0, 0.05) is 17.0 Å². The van der Waals surface area contributed by atoms with Crippen LogP contribution in [0.1, 0.15) is 47.0 Å². The molecule has 3 rings (SSSR count). The van der Waals surface area contributed by atoms with Crippen molar-refractivity contribution in [2.24, 2.45) is 0 Å². The molecule has 1 heterocycles. The fourth-order valence-corrected chi connectivity index (χ4v) is 4.11. The molecule has 0 amide bonds. The second-order valence-corrected chi connectivity index (χ2v) is 7.09. The highest BCUT2D eigenvalue weighted by Gasteiger charge is 2.26. The van der Waals surface area contributed by atoms with Crippen LogP contribution < -0.4 is 5.32 Å². The van der Waals surface area contributed by atoms with Gasteiger partial charge in [-0.15, -0.1) is 11.3 Å². The standard InChI is InChI=1S/C16H18ClNS/c1-10-3-5-12(6-4-10)11(2)18-14-7-8-15-13(14)9-16(17)19-15/h3-6,9,11,14,18H,7-8H2,1-2H3/t11-,14?/m1/s1. The Hall–Kier alpha value is -0.830. The van der Waals surface area contributed by atoms with E-state index in [2.05, 4.69) is 49.5 Å². The van der Waals surface area contributed by atoms with E-state index in [9.17, 15) is 0 Å². The predicted molar refractivity (Wildman–Crippen MR) is 83.1 cm³/mol. The highest BCUT2D eigenvalue weighted by atomic mass is 35.5. The molecular weight excluding hydrogens is 274 g/mol. The Morgan fingerprint density at radius 1 is 1.32 bits per heavy atom. The van der Waals surface area contributed by atoms with Crippen molar-refractivity contribution >= 4 is 22.9 Å². The van der Waals surface area contributed by atoms with Crippen molar-refractivity contribution < 1.29 is 0 Å². The first-order valence-electron chi connectivity index (χ1n) is 6.74. The van der Waals surface area contributed by atoms with Crippen LogP contribution >= 0.6 is 22.9 Å². The average Bonchev–Trinajstić information content (AvgIpc) is 2.91. The minimum Gasteiger partial charge on any atom is -0.303 e. The smallest absolute Gasteiger partial charge is 0.0934 e. The van der Waals surface area contributed by atoms with Crippen LogP contribution in [0.5, 0.6) is 0 Å². The van der Waals surface area contributed by atoms with E-state index in [4.69, 9.17) is 11.6 Å². The molecule has 0 aliphatic heterocycles. The third kappa shape index (κ3) is 2.71. The first kappa shape index (κ1) is 13.2. The molecule has 1 N–H and O–H groups in total. The van der Waals surface area contributed by atoms with Crippen LogP contribution in [0.3, 0.4) is 0 Å². The fraction of sp³-hybridized carbons (Fsp3) is 0.375. The van der Waals surface area contributed by atoms with Crippen molar-refractivity contribution in [2.75, 3.05) is 0 Å². The lowest BCUT2D eigenvalue weighted by Gasteiger charge is -2.20. The van der Waals surface area contributed by atoms with Gasteiger partial charge in [-0.25, -0.2) is 0 Å².